The third-order valence-corrected chi connectivity index (χ3v) is 7.49. The first kappa shape index (κ1) is 28.4. The second-order valence-corrected chi connectivity index (χ2v) is 11.2. The number of alkyl halides is 3. The van der Waals surface area contributed by atoms with Gasteiger partial charge in [-0.3, -0.25) is 9.67 Å². The molecule has 0 saturated heterocycles. The summed E-state index contributed by atoms with van der Waals surface area (Å²) in [5, 5.41) is 7.78. The molecule has 0 spiro atoms. The first-order chi connectivity index (χ1) is 18.4. The molecule has 1 aliphatic rings. The van der Waals surface area contributed by atoms with Crippen LogP contribution < -0.4 is 5.32 Å². The fourth-order valence-corrected chi connectivity index (χ4v) is 5.08. The van der Waals surface area contributed by atoms with E-state index >= 15 is 0 Å². The minimum Gasteiger partial charge on any atom is -0.381 e. The van der Waals surface area contributed by atoms with Gasteiger partial charge >= 0.3 is 18.1 Å². The van der Waals surface area contributed by atoms with E-state index in [9.17, 15) is 31.2 Å². The van der Waals surface area contributed by atoms with Gasteiger partial charge in [-0.1, -0.05) is 12.1 Å². The van der Waals surface area contributed by atoms with Gasteiger partial charge in [0.2, 0.25) is 0 Å². The Kier molecular flexibility index (Phi) is 8.50. The Morgan fingerprint density at radius 2 is 1.79 bits per heavy atom. The number of carbonyl (C=O) groups is 2. The number of ether oxygens (including phenoxy) is 1. The lowest BCUT2D eigenvalue weighted by atomic mass is 9.90. The van der Waals surface area contributed by atoms with Crippen LogP contribution in [0.5, 0.6) is 0 Å². The highest BCUT2D eigenvalue weighted by atomic mass is 32.2. The van der Waals surface area contributed by atoms with Gasteiger partial charge < -0.3 is 10.1 Å². The number of fused-ring (bicyclic) bond motifs is 3. The Hall–Kier alpha value is -3.58. The summed E-state index contributed by atoms with van der Waals surface area (Å²) in [6.07, 6.45) is 2.06. The first-order valence-electron chi connectivity index (χ1n) is 12.3. The molecule has 9 nitrogen and oxygen atoms in total. The molecular weight excluding hydrogens is 537 g/mol. The Labute approximate surface area is 223 Å². The maximum Gasteiger partial charge on any atom is 0.491 e. The summed E-state index contributed by atoms with van der Waals surface area (Å²) in [6, 6.07) is 8.47. The normalized spacial score (nSPS) is 13.0. The lowest BCUT2D eigenvalue weighted by molar-refractivity contribution is -0.193. The van der Waals surface area contributed by atoms with Gasteiger partial charge in [0.15, 0.2) is 15.5 Å². The minimum absolute atomic E-state index is 0.150. The SMILES string of the molecule is CS(=O)(=O)c1ccc(CCCNCCCn2nc3c(c2C(=O)OC(=O)C(F)(F)F)CCc2cnccc2-3)cc1. The van der Waals surface area contributed by atoms with E-state index in [2.05, 4.69) is 20.1 Å². The van der Waals surface area contributed by atoms with Crippen molar-refractivity contribution in [1.29, 1.82) is 0 Å². The lowest BCUT2D eigenvalue weighted by Gasteiger charge is -2.15. The van der Waals surface area contributed by atoms with Gasteiger partial charge in [0.1, 0.15) is 0 Å². The van der Waals surface area contributed by atoms with Crippen LogP contribution in [0.1, 0.15) is 40.0 Å². The van der Waals surface area contributed by atoms with Crippen LogP contribution in [-0.2, 0) is 45.2 Å². The van der Waals surface area contributed by atoms with Crippen molar-refractivity contribution < 1.29 is 35.9 Å². The highest BCUT2D eigenvalue weighted by molar-refractivity contribution is 7.90. The van der Waals surface area contributed by atoms with Crippen LogP contribution in [0.15, 0.2) is 47.6 Å². The summed E-state index contributed by atoms with van der Waals surface area (Å²) in [4.78, 5) is 28.4. The number of pyridine rings is 1. The number of benzene rings is 1. The standard InChI is InChI=1S/C26H27F3N4O5S/c1-39(36,37)19-8-5-17(6-9-19)4-2-12-30-13-3-15-33-23(24(34)38-25(35)26(27,28)29)21-10-7-18-16-31-14-11-20(18)22(21)32-33/h5-6,8-9,11,14,16,30H,2-4,7,10,12-13,15H2,1H3. The molecule has 0 unspecified atom stereocenters. The predicted octanol–water partition coefficient (Wildman–Crippen LogP) is 3.31. The molecular formula is C26H27F3N4O5S. The zero-order chi connectivity index (χ0) is 28.2. The molecule has 0 saturated carbocycles. The zero-order valence-corrected chi connectivity index (χ0v) is 21.9. The summed E-state index contributed by atoms with van der Waals surface area (Å²) in [7, 11) is -3.23. The van der Waals surface area contributed by atoms with Crippen LogP contribution in [0.3, 0.4) is 0 Å². The summed E-state index contributed by atoms with van der Waals surface area (Å²) >= 11 is 0. The van der Waals surface area contributed by atoms with Gasteiger partial charge in [0, 0.05) is 36.3 Å². The van der Waals surface area contributed by atoms with E-state index in [0.717, 1.165) is 35.8 Å². The number of nitrogens with one attached hydrogen (secondary N) is 1. The maximum absolute atomic E-state index is 12.7. The molecule has 2 aromatic heterocycles. The molecule has 13 heteroatoms. The number of carbonyl (C=O) groups excluding carboxylic acids is 2. The van der Waals surface area contributed by atoms with Crippen LogP contribution in [0, 0.1) is 0 Å². The van der Waals surface area contributed by atoms with E-state index < -0.39 is 28.0 Å². The molecule has 0 aliphatic heterocycles. The van der Waals surface area contributed by atoms with Crippen molar-refractivity contribution in [1.82, 2.24) is 20.1 Å². The molecule has 2 heterocycles. The van der Waals surface area contributed by atoms with Gasteiger partial charge in [-0.2, -0.15) is 18.3 Å². The van der Waals surface area contributed by atoms with E-state index in [-0.39, 0.29) is 17.1 Å². The number of aromatic nitrogens is 3. The Bertz CT molecular complexity index is 1470. The van der Waals surface area contributed by atoms with E-state index in [0.29, 0.717) is 43.6 Å². The lowest BCUT2D eigenvalue weighted by Crippen LogP contribution is -2.29. The number of esters is 2. The monoisotopic (exact) mass is 564 g/mol. The third-order valence-electron chi connectivity index (χ3n) is 6.36. The van der Waals surface area contributed by atoms with Gasteiger partial charge in [-0.15, -0.1) is 0 Å². The van der Waals surface area contributed by atoms with Crippen molar-refractivity contribution in [3.05, 3.63) is 65.1 Å². The molecule has 0 fully saturated rings. The number of halogens is 3. The second kappa shape index (κ2) is 11.7. The number of rotatable bonds is 10. The van der Waals surface area contributed by atoms with Crippen LogP contribution in [0.4, 0.5) is 13.2 Å². The van der Waals surface area contributed by atoms with Crippen molar-refractivity contribution in [3.8, 4) is 11.3 Å². The van der Waals surface area contributed by atoms with Crippen molar-refractivity contribution in [3.63, 3.8) is 0 Å². The molecule has 1 N–H and O–H groups in total. The number of sulfone groups is 1. The smallest absolute Gasteiger partial charge is 0.381 e. The predicted molar refractivity (Wildman–Crippen MR) is 135 cm³/mol. The summed E-state index contributed by atoms with van der Waals surface area (Å²) in [5.74, 6) is -3.94. The second-order valence-electron chi connectivity index (χ2n) is 9.23. The molecule has 0 atom stereocenters. The summed E-state index contributed by atoms with van der Waals surface area (Å²) in [6.45, 7) is 1.45. The van der Waals surface area contributed by atoms with E-state index in [1.807, 2.05) is 0 Å². The van der Waals surface area contributed by atoms with Crippen LogP contribution in [0.2, 0.25) is 0 Å². The summed E-state index contributed by atoms with van der Waals surface area (Å²) in [5.41, 5.74) is 3.43. The molecule has 3 aromatic rings. The zero-order valence-electron chi connectivity index (χ0n) is 21.1. The van der Waals surface area contributed by atoms with Gasteiger partial charge in [0.05, 0.1) is 10.6 Å². The molecule has 208 valence electrons. The average Bonchev–Trinajstić information content (AvgIpc) is 3.26. The fourth-order valence-electron chi connectivity index (χ4n) is 4.45. The van der Waals surface area contributed by atoms with Gasteiger partial charge in [0.25, 0.3) is 0 Å². The van der Waals surface area contributed by atoms with Gasteiger partial charge in [-0.25, -0.2) is 18.0 Å². The Morgan fingerprint density at radius 1 is 1.08 bits per heavy atom. The van der Waals surface area contributed by atoms with E-state index in [1.165, 1.54) is 4.68 Å². The van der Waals surface area contributed by atoms with Crippen molar-refractivity contribution in [2.24, 2.45) is 0 Å². The maximum atomic E-state index is 12.7. The molecule has 0 radical (unpaired) electrons. The number of nitrogens with zero attached hydrogens (tertiary/aromatic N) is 3. The van der Waals surface area contributed by atoms with E-state index in [1.54, 1.807) is 42.7 Å². The van der Waals surface area contributed by atoms with Crippen LogP contribution >= 0.6 is 0 Å². The van der Waals surface area contributed by atoms with E-state index in [4.69, 9.17) is 0 Å². The minimum atomic E-state index is -5.29. The van der Waals surface area contributed by atoms with Crippen LogP contribution in [0.25, 0.3) is 11.3 Å². The molecule has 0 amide bonds. The van der Waals surface area contributed by atoms with Crippen molar-refractivity contribution >= 4 is 21.8 Å². The molecule has 4 rings (SSSR count). The van der Waals surface area contributed by atoms with Crippen molar-refractivity contribution in [2.75, 3.05) is 19.3 Å². The number of hydrogen-bond acceptors (Lipinski definition) is 8. The topological polar surface area (TPSA) is 120 Å². The highest BCUT2D eigenvalue weighted by Crippen LogP contribution is 2.34. The quantitative estimate of drug-likeness (QED) is 0.226. The van der Waals surface area contributed by atoms with Crippen LogP contribution in [-0.4, -0.2) is 60.6 Å². The Morgan fingerprint density at radius 3 is 2.49 bits per heavy atom. The molecule has 1 aliphatic carbocycles. The number of aryl methyl sites for hydroxylation is 3. The first-order valence-corrected chi connectivity index (χ1v) is 14.2. The Balaban J connectivity index is 1.36. The molecule has 1 aromatic carbocycles. The molecule has 39 heavy (non-hydrogen) atoms. The van der Waals surface area contributed by atoms with Crippen molar-refractivity contribution in [2.45, 2.75) is 49.7 Å². The molecule has 0 bridgehead atoms. The highest BCUT2D eigenvalue weighted by Gasteiger charge is 2.43. The average molecular weight is 565 g/mol. The largest absolute Gasteiger partial charge is 0.491 e. The van der Waals surface area contributed by atoms with Gasteiger partial charge in [-0.05, 0) is 74.5 Å². The summed E-state index contributed by atoms with van der Waals surface area (Å²) < 4.78 is 66.8. The fraction of sp³-hybridized carbons (Fsp3) is 0.385. The third kappa shape index (κ3) is 6.90. The number of hydrogen-bond donors (Lipinski definition) is 1.